The summed E-state index contributed by atoms with van der Waals surface area (Å²) in [6, 6.07) is 4.80. The van der Waals surface area contributed by atoms with Gasteiger partial charge in [0.25, 0.3) is 0 Å². The summed E-state index contributed by atoms with van der Waals surface area (Å²) in [4.78, 5) is 0. The third-order valence-corrected chi connectivity index (χ3v) is 3.37. The summed E-state index contributed by atoms with van der Waals surface area (Å²) in [5.74, 6) is 0.474. The standard InChI is InChI=1S/C14H21ClFN/c1-10(2)12(5-3-4-8-17)13-9-11(15)6-7-14(13)16/h6-7,9-10,12H,3-5,8,17H2,1-2H3. The van der Waals surface area contributed by atoms with Crippen LogP contribution in [0.15, 0.2) is 18.2 Å². The highest BCUT2D eigenvalue weighted by Gasteiger charge is 2.19. The van der Waals surface area contributed by atoms with Crippen LogP contribution in [0.25, 0.3) is 0 Å². The van der Waals surface area contributed by atoms with Gasteiger partial charge in [-0.3, -0.25) is 0 Å². The number of benzene rings is 1. The average molecular weight is 258 g/mol. The van der Waals surface area contributed by atoms with Gasteiger partial charge in [0, 0.05) is 5.02 Å². The zero-order valence-electron chi connectivity index (χ0n) is 10.5. The molecule has 0 spiro atoms. The average Bonchev–Trinajstić information content (AvgIpc) is 2.28. The molecule has 0 aliphatic rings. The molecular weight excluding hydrogens is 237 g/mol. The maximum Gasteiger partial charge on any atom is 0.126 e. The van der Waals surface area contributed by atoms with Crippen molar-refractivity contribution in [3.63, 3.8) is 0 Å². The summed E-state index contributed by atoms with van der Waals surface area (Å²) in [6.45, 7) is 4.93. The summed E-state index contributed by atoms with van der Waals surface area (Å²) in [5, 5.41) is 0.603. The van der Waals surface area contributed by atoms with Gasteiger partial charge in [0.1, 0.15) is 5.82 Å². The summed E-state index contributed by atoms with van der Waals surface area (Å²) in [6.07, 6.45) is 2.99. The second-order valence-corrected chi connectivity index (χ2v) is 5.24. The molecule has 0 aliphatic carbocycles. The maximum atomic E-state index is 13.8. The minimum Gasteiger partial charge on any atom is -0.330 e. The molecule has 0 amide bonds. The van der Waals surface area contributed by atoms with Crippen molar-refractivity contribution in [3.8, 4) is 0 Å². The molecule has 0 radical (unpaired) electrons. The summed E-state index contributed by atoms with van der Waals surface area (Å²) >= 11 is 5.94. The van der Waals surface area contributed by atoms with E-state index in [4.69, 9.17) is 17.3 Å². The van der Waals surface area contributed by atoms with Crippen molar-refractivity contribution < 1.29 is 4.39 Å². The second-order valence-electron chi connectivity index (χ2n) is 4.80. The third kappa shape index (κ3) is 4.29. The van der Waals surface area contributed by atoms with Gasteiger partial charge in [-0.05, 0) is 55.0 Å². The van der Waals surface area contributed by atoms with Gasteiger partial charge in [0.05, 0.1) is 0 Å². The van der Waals surface area contributed by atoms with Crippen LogP contribution in [-0.2, 0) is 0 Å². The van der Waals surface area contributed by atoms with Gasteiger partial charge in [0.2, 0.25) is 0 Å². The molecule has 96 valence electrons. The minimum atomic E-state index is -0.152. The topological polar surface area (TPSA) is 26.0 Å². The molecule has 2 N–H and O–H groups in total. The van der Waals surface area contributed by atoms with E-state index in [1.54, 1.807) is 12.1 Å². The Hall–Kier alpha value is -0.600. The molecule has 0 aromatic heterocycles. The summed E-state index contributed by atoms with van der Waals surface area (Å²) < 4.78 is 13.8. The summed E-state index contributed by atoms with van der Waals surface area (Å²) in [5.41, 5.74) is 6.23. The van der Waals surface area contributed by atoms with Crippen LogP contribution in [0.1, 0.15) is 44.6 Å². The highest BCUT2D eigenvalue weighted by Crippen LogP contribution is 2.32. The van der Waals surface area contributed by atoms with Crippen molar-refractivity contribution in [2.24, 2.45) is 11.7 Å². The van der Waals surface area contributed by atoms with Gasteiger partial charge in [-0.25, -0.2) is 4.39 Å². The van der Waals surface area contributed by atoms with E-state index in [9.17, 15) is 4.39 Å². The Balaban J connectivity index is 2.85. The van der Waals surface area contributed by atoms with Gasteiger partial charge >= 0.3 is 0 Å². The Morgan fingerprint density at radius 3 is 2.59 bits per heavy atom. The smallest absolute Gasteiger partial charge is 0.126 e. The third-order valence-electron chi connectivity index (χ3n) is 3.13. The molecule has 17 heavy (non-hydrogen) atoms. The van der Waals surface area contributed by atoms with E-state index in [-0.39, 0.29) is 11.7 Å². The lowest BCUT2D eigenvalue weighted by atomic mass is 9.84. The van der Waals surface area contributed by atoms with Gasteiger partial charge in [-0.15, -0.1) is 0 Å². The maximum absolute atomic E-state index is 13.8. The van der Waals surface area contributed by atoms with Crippen LogP contribution >= 0.6 is 11.6 Å². The molecule has 1 unspecified atom stereocenters. The predicted molar refractivity (Wildman–Crippen MR) is 71.9 cm³/mol. The first kappa shape index (κ1) is 14.5. The van der Waals surface area contributed by atoms with Gasteiger partial charge in [-0.2, -0.15) is 0 Å². The zero-order chi connectivity index (χ0) is 12.8. The van der Waals surface area contributed by atoms with Gasteiger partial charge in [0.15, 0.2) is 0 Å². The van der Waals surface area contributed by atoms with E-state index >= 15 is 0 Å². The highest BCUT2D eigenvalue weighted by atomic mass is 35.5. The van der Waals surface area contributed by atoms with Crippen LogP contribution in [-0.4, -0.2) is 6.54 Å². The zero-order valence-corrected chi connectivity index (χ0v) is 11.3. The Morgan fingerprint density at radius 2 is 2.00 bits per heavy atom. The van der Waals surface area contributed by atoms with Crippen molar-refractivity contribution >= 4 is 11.6 Å². The lowest BCUT2D eigenvalue weighted by Gasteiger charge is -2.22. The molecule has 1 nitrogen and oxygen atoms in total. The molecular formula is C14H21ClFN. The van der Waals surface area contributed by atoms with E-state index in [2.05, 4.69) is 13.8 Å². The molecule has 1 rings (SSSR count). The van der Waals surface area contributed by atoms with Crippen LogP contribution in [0, 0.1) is 11.7 Å². The lowest BCUT2D eigenvalue weighted by molar-refractivity contribution is 0.432. The van der Waals surface area contributed by atoms with Crippen molar-refractivity contribution in [3.05, 3.63) is 34.6 Å². The Morgan fingerprint density at radius 1 is 1.29 bits per heavy atom. The first-order chi connectivity index (χ1) is 8.06. The van der Waals surface area contributed by atoms with Crippen LogP contribution in [0.4, 0.5) is 4.39 Å². The van der Waals surface area contributed by atoms with Crippen LogP contribution in [0.5, 0.6) is 0 Å². The fraction of sp³-hybridized carbons (Fsp3) is 0.571. The molecule has 0 bridgehead atoms. The monoisotopic (exact) mass is 257 g/mol. The normalized spacial score (nSPS) is 13.1. The van der Waals surface area contributed by atoms with E-state index in [1.807, 2.05) is 0 Å². The summed E-state index contributed by atoms with van der Waals surface area (Å²) in [7, 11) is 0. The quantitative estimate of drug-likeness (QED) is 0.754. The molecule has 1 aromatic carbocycles. The molecule has 0 fully saturated rings. The SMILES string of the molecule is CC(C)C(CCCCN)c1cc(Cl)ccc1F. The fourth-order valence-electron chi connectivity index (χ4n) is 2.16. The van der Waals surface area contributed by atoms with Crippen LogP contribution in [0.3, 0.4) is 0 Å². The molecule has 0 saturated heterocycles. The molecule has 1 atom stereocenters. The number of halogens is 2. The largest absolute Gasteiger partial charge is 0.330 e. The first-order valence-electron chi connectivity index (χ1n) is 6.21. The number of hydrogen-bond acceptors (Lipinski definition) is 1. The highest BCUT2D eigenvalue weighted by molar-refractivity contribution is 6.30. The van der Waals surface area contributed by atoms with Crippen molar-refractivity contribution in [2.75, 3.05) is 6.54 Å². The molecule has 0 aliphatic heterocycles. The van der Waals surface area contributed by atoms with Gasteiger partial charge < -0.3 is 5.73 Å². The van der Waals surface area contributed by atoms with Crippen molar-refractivity contribution in [1.82, 2.24) is 0 Å². The molecule has 1 aromatic rings. The predicted octanol–water partition coefficient (Wildman–Crippen LogP) is 4.35. The number of nitrogens with two attached hydrogens (primary N) is 1. The number of unbranched alkanes of at least 4 members (excludes halogenated alkanes) is 1. The number of rotatable bonds is 6. The fourth-order valence-corrected chi connectivity index (χ4v) is 2.34. The van der Waals surface area contributed by atoms with Crippen molar-refractivity contribution in [1.29, 1.82) is 0 Å². The lowest BCUT2D eigenvalue weighted by Crippen LogP contribution is -2.10. The first-order valence-corrected chi connectivity index (χ1v) is 6.59. The second kappa shape index (κ2) is 6.97. The Kier molecular flexibility index (Phi) is 5.93. The van der Waals surface area contributed by atoms with E-state index in [0.29, 0.717) is 17.5 Å². The van der Waals surface area contributed by atoms with E-state index in [0.717, 1.165) is 24.8 Å². The van der Waals surface area contributed by atoms with E-state index < -0.39 is 0 Å². The van der Waals surface area contributed by atoms with Crippen LogP contribution in [0.2, 0.25) is 5.02 Å². The Bertz CT molecular complexity index is 352. The van der Waals surface area contributed by atoms with Crippen molar-refractivity contribution in [2.45, 2.75) is 39.0 Å². The van der Waals surface area contributed by atoms with Gasteiger partial charge in [-0.1, -0.05) is 31.9 Å². The molecule has 3 heteroatoms. The Labute approximate surface area is 108 Å². The molecule has 0 saturated carbocycles. The molecule has 0 heterocycles. The van der Waals surface area contributed by atoms with E-state index in [1.165, 1.54) is 6.07 Å². The minimum absolute atomic E-state index is 0.152. The van der Waals surface area contributed by atoms with Crippen LogP contribution < -0.4 is 5.73 Å². The number of hydrogen-bond donors (Lipinski definition) is 1.